The summed E-state index contributed by atoms with van der Waals surface area (Å²) in [7, 11) is 1.48. The number of carboxylic acids is 1. The van der Waals surface area contributed by atoms with Gasteiger partial charge in [-0.1, -0.05) is 11.6 Å². The summed E-state index contributed by atoms with van der Waals surface area (Å²) in [6, 6.07) is 6.42. The Morgan fingerprint density at radius 2 is 2.21 bits per heavy atom. The summed E-state index contributed by atoms with van der Waals surface area (Å²) < 4.78 is 10.5. The maximum atomic E-state index is 11.2. The van der Waals surface area contributed by atoms with E-state index in [1.807, 2.05) is 5.38 Å². The van der Waals surface area contributed by atoms with Crippen LogP contribution < -0.4 is 9.47 Å². The third kappa shape index (κ3) is 3.19. The van der Waals surface area contributed by atoms with Gasteiger partial charge in [0.2, 0.25) is 0 Å². The van der Waals surface area contributed by atoms with Crippen molar-refractivity contribution in [1.29, 1.82) is 0 Å². The Labute approximate surface area is 119 Å². The summed E-state index contributed by atoms with van der Waals surface area (Å²) in [5, 5.41) is 11.6. The SMILES string of the molecule is COc1ccc(OCc2sccc2Cl)c(C(=O)O)c1. The number of hydrogen-bond acceptors (Lipinski definition) is 4. The van der Waals surface area contributed by atoms with Crippen LogP contribution in [0.5, 0.6) is 11.5 Å². The van der Waals surface area contributed by atoms with Gasteiger partial charge < -0.3 is 14.6 Å². The van der Waals surface area contributed by atoms with Gasteiger partial charge in [0.15, 0.2) is 0 Å². The minimum Gasteiger partial charge on any atom is -0.497 e. The van der Waals surface area contributed by atoms with Crippen LogP contribution in [0.25, 0.3) is 0 Å². The molecule has 1 N–H and O–H groups in total. The quantitative estimate of drug-likeness (QED) is 0.914. The van der Waals surface area contributed by atoms with Crippen molar-refractivity contribution in [1.82, 2.24) is 0 Å². The van der Waals surface area contributed by atoms with Gasteiger partial charge in [0.05, 0.1) is 17.0 Å². The second-order valence-electron chi connectivity index (χ2n) is 3.65. The summed E-state index contributed by atoms with van der Waals surface area (Å²) in [6.45, 7) is 0.239. The van der Waals surface area contributed by atoms with Crippen molar-refractivity contribution in [3.8, 4) is 11.5 Å². The van der Waals surface area contributed by atoms with Crippen LogP contribution in [-0.4, -0.2) is 18.2 Å². The summed E-state index contributed by atoms with van der Waals surface area (Å²) in [6.07, 6.45) is 0. The first kappa shape index (κ1) is 13.7. The van der Waals surface area contributed by atoms with Crippen LogP contribution in [0, 0.1) is 0 Å². The van der Waals surface area contributed by atoms with Gasteiger partial charge in [-0.3, -0.25) is 0 Å². The van der Waals surface area contributed by atoms with Crippen molar-refractivity contribution in [3.63, 3.8) is 0 Å². The number of aromatic carboxylic acids is 1. The second-order valence-corrected chi connectivity index (χ2v) is 5.06. The highest BCUT2D eigenvalue weighted by Crippen LogP contribution is 2.27. The lowest BCUT2D eigenvalue weighted by Gasteiger charge is -2.10. The Balaban J connectivity index is 2.20. The Bertz CT molecular complexity index is 594. The third-order valence-electron chi connectivity index (χ3n) is 2.47. The van der Waals surface area contributed by atoms with Crippen LogP contribution >= 0.6 is 22.9 Å². The Kier molecular flexibility index (Phi) is 4.29. The molecule has 100 valence electrons. The number of hydrogen-bond donors (Lipinski definition) is 1. The smallest absolute Gasteiger partial charge is 0.339 e. The van der Waals surface area contributed by atoms with Crippen LogP contribution in [0.2, 0.25) is 5.02 Å². The van der Waals surface area contributed by atoms with Crippen molar-refractivity contribution in [2.75, 3.05) is 7.11 Å². The topological polar surface area (TPSA) is 55.8 Å². The highest BCUT2D eigenvalue weighted by Gasteiger charge is 2.13. The Morgan fingerprint density at radius 3 is 2.79 bits per heavy atom. The number of carbonyl (C=O) groups is 1. The molecule has 2 rings (SSSR count). The first-order valence-electron chi connectivity index (χ1n) is 5.38. The number of rotatable bonds is 5. The fraction of sp³-hybridized carbons (Fsp3) is 0.154. The standard InChI is InChI=1S/C13H11ClO4S/c1-17-8-2-3-11(9(6-8)13(15)16)18-7-12-10(14)4-5-19-12/h2-6H,7H2,1H3,(H,15,16). The maximum Gasteiger partial charge on any atom is 0.339 e. The second kappa shape index (κ2) is 5.95. The number of ether oxygens (including phenoxy) is 2. The molecular formula is C13H11ClO4S. The third-order valence-corrected chi connectivity index (χ3v) is 3.83. The Morgan fingerprint density at radius 1 is 1.42 bits per heavy atom. The van der Waals surface area contributed by atoms with Gasteiger partial charge in [-0.25, -0.2) is 4.79 Å². The molecule has 19 heavy (non-hydrogen) atoms. The average Bonchev–Trinajstić information content (AvgIpc) is 2.81. The minimum absolute atomic E-state index is 0.0621. The summed E-state index contributed by atoms with van der Waals surface area (Å²) in [5.41, 5.74) is 0.0621. The average molecular weight is 299 g/mol. The largest absolute Gasteiger partial charge is 0.497 e. The molecule has 0 fully saturated rings. The van der Waals surface area contributed by atoms with Gasteiger partial charge >= 0.3 is 5.97 Å². The molecule has 1 aromatic heterocycles. The van der Waals surface area contributed by atoms with Crippen LogP contribution in [-0.2, 0) is 6.61 Å². The van der Waals surface area contributed by atoms with Crippen molar-refractivity contribution >= 4 is 28.9 Å². The molecule has 0 spiro atoms. The number of halogens is 1. The summed E-state index contributed by atoms with van der Waals surface area (Å²) in [4.78, 5) is 12.0. The zero-order valence-corrected chi connectivity index (χ0v) is 11.6. The van der Waals surface area contributed by atoms with Gasteiger partial charge in [-0.15, -0.1) is 11.3 Å². The predicted molar refractivity (Wildman–Crippen MR) is 73.6 cm³/mol. The van der Waals surface area contributed by atoms with Gasteiger partial charge in [-0.2, -0.15) is 0 Å². The van der Waals surface area contributed by atoms with Crippen molar-refractivity contribution in [2.45, 2.75) is 6.61 Å². The molecule has 0 saturated heterocycles. The van der Waals surface area contributed by atoms with Crippen LogP contribution in [0.15, 0.2) is 29.6 Å². The summed E-state index contributed by atoms with van der Waals surface area (Å²) >= 11 is 7.41. The lowest BCUT2D eigenvalue weighted by Crippen LogP contribution is -2.03. The van der Waals surface area contributed by atoms with Gasteiger partial charge in [-0.05, 0) is 29.6 Å². The van der Waals surface area contributed by atoms with E-state index in [-0.39, 0.29) is 17.9 Å². The molecule has 0 aliphatic heterocycles. The molecule has 0 saturated carbocycles. The number of benzene rings is 1. The molecule has 6 heteroatoms. The van der Waals surface area contributed by atoms with Crippen LogP contribution in [0.1, 0.15) is 15.2 Å². The minimum atomic E-state index is -1.06. The number of carboxylic acid groups (broad SMARTS) is 1. The fourth-order valence-corrected chi connectivity index (χ4v) is 2.50. The van der Waals surface area contributed by atoms with Crippen molar-refractivity contribution < 1.29 is 19.4 Å². The van der Waals surface area contributed by atoms with Crippen molar-refractivity contribution in [2.24, 2.45) is 0 Å². The first-order chi connectivity index (χ1) is 9.11. The Hall–Kier alpha value is -1.72. The monoisotopic (exact) mass is 298 g/mol. The molecule has 0 amide bonds. The summed E-state index contributed by atoms with van der Waals surface area (Å²) in [5.74, 6) is -0.303. The number of methoxy groups -OCH3 is 1. The van der Waals surface area contributed by atoms with E-state index in [2.05, 4.69) is 0 Å². The highest BCUT2D eigenvalue weighted by atomic mass is 35.5. The molecule has 2 aromatic rings. The van der Waals surface area contributed by atoms with E-state index in [1.165, 1.54) is 24.5 Å². The molecule has 0 aliphatic carbocycles. The molecular weight excluding hydrogens is 288 g/mol. The van der Waals surface area contributed by atoms with E-state index in [1.54, 1.807) is 18.2 Å². The molecule has 0 atom stereocenters. The van der Waals surface area contributed by atoms with Crippen LogP contribution in [0.4, 0.5) is 0 Å². The van der Waals surface area contributed by atoms with E-state index < -0.39 is 5.97 Å². The molecule has 1 heterocycles. The lowest BCUT2D eigenvalue weighted by atomic mass is 10.2. The molecule has 1 aromatic carbocycles. The van der Waals surface area contributed by atoms with E-state index >= 15 is 0 Å². The van der Waals surface area contributed by atoms with Crippen molar-refractivity contribution in [3.05, 3.63) is 45.1 Å². The highest BCUT2D eigenvalue weighted by molar-refractivity contribution is 7.10. The van der Waals surface area contributed by atoms with E-state index in [9.17, 15) is 4.79 Å². The van der Waals surface area contributed by atoms with E-state index in [0.29, 0.717) is 10.8 Å². The van der Waals surface area contributed by atoms with E-state index in [0.717, 1.165) is 4.88 Å². The molecule has 0 bridgehead atoms. The van der Waals surface area contributed by atoms with Gasteiger partial charge in [0.25, 0.3) is 0 Å². The molecule has 4 nitrogen and oxygen atoms in total. The molecule has 0 aliphatic rings. The fourth-order valence-electron chi connectivity index (χ4n) is 1.50. The molecule has 0 unspecified atom stereocenters. The predicted octanol–water partition coefficient (Wildman–Crippen LogP) is 3.69. The van der Waals surface area contributed by atoms with Gasteiger partial charge in [0.1, 0.15) is 23.7 Å². The van der Waals surface area contributed by atoms with E-state index in [4.69, 9.17) is 26.2 Å². The maximum absolute atomic E-state index is 11.2. The zero-order valence-electron chi connectivity index (χ0n) is 10.1. The van der Waals surface area contributed by atoms with Gasteiger partial charge in [0, 0.05) is 0 Å². The first-order valence-corrected chi connectivity index (χ1v) is 6.63. The normalized spacial score (nSPS) is 10.2. The number of thiophene rings is 1. The zero-order chi connectivity index (χ0) is 13.8. The lowest BCUT2D eigenvalue weighted by molar-refractivity contribution is 0.0691. The molecule has 0 radical (unpaired) electrons. The van der Waals surface area contributed by atoms with Crippen LogP contribution in [0.3, 0.4) is 0 Å².